The molecule has 4 rings (SSSR count). The first-order chi connectivity index (χ1) is 13.2. The Morgan fingerprint density at radius 2 is 1.81 bits per heavy atom. The number of hydrogen-bond donors (Lipinski definition) is 1. The van der Waals surface area contributed by atoms with Crippen molar-refractivity contribution in [2.24, 2.45) is 0 Å². The van der Waals surface area contributed by atoms with E-state index in [1.807, 2.05) is 42.5 Å². The normalized spacial score (nSPS) is 17.2. The van der Waals surface area contributed by atoms with Crippen LogP contribution in [0.5, 0.6) is 0 Å². The van der Waals surface area contributed by atoms with Crippen LogP contribution in [0.1, 0.15) is 37.2 Å². The summed E-state index contributed by atoms with van der Waals surface area (Å²) in [4.78, 5) is 22.3. The Balaban J connectivity index is 1.37. The third kappa shape index (κ3) is 4.10. The summed E-state index contributed by atoms with van der Waals surface area (Å²) in [7, 11) is 0. The van der Waals surface area contributed by atoms with Crippen LogP contribution in [0.25, 0.3) is 10.9 Å². The molecule has 0 amide bonds. The molecule has 27 heavy (non-hydrogen) atoms. The minimum atomic E-state index is -0.0662. The number of para-hydroxylation sites is 1. The highest BCUT2D eigenvalue weighted by atomic mass is 16.5. The van der Waals surface area contributed by atoms with E-state index in [0.29, 0.717) is 12.0 Å². The Kier molecular flexibility index (Phi) is 5.32. The standard InChI is InChI=1S/C22H25N3O2/c1-16(21-23-20-10-6-5-9-19(20)22(26)24-21)25-13-11-18(12-14-25)27-15-17-7-3-2-4-8-17/h2-10,16,18H,11-15H2,1H3,(H,23,24,26). The number of H-pyrrole nitrogens is 1. The summed E-state index contributed by atoms with van der Waals surface area (Å²) in [6, 6.07) is 17.9. The first-order valence-corrected chi connectivity index (χ1v) is 9.59. The topological polar surface area (TPSA) is 58.2 Å². The monoisotopic (exact) mass is 363 g/mol. The number of fused-ring (bicyclic) bond motifs is 1. The minimum Gasteiger partial charge on any atom is -0.373 e. The van der Waals surface area contributed by atoms with E-state index >= 15 is 0 Å². The van der Waals surface area contributed by atoms with Gasteiger partial charge in [-0.25, -0.2) is 4.98 Å². The molecule has 1 atom stereocenters. The van der Waals surface area contributed by atoms with Crippen molar-refractivity contribution in [1.29, 1.82) is 0 Å². The van der Waals surface area contributed by atoms with Gasteiger partial charge in [0.15, 0.2) is 0 Å². The summed E-state index contributed by atoms with van der Waals surface area (Å²) < 4.78 is 6.08. The van der Waals surface area contributed by atoms with Crippen LogP contribution in [0.3, 0.4) is 0 Å². The zero-order valence-electron chi connectivity index (χ0n) is 15.6. The molecule has 1 unspecified atom stereocenters. The van der Waals surface area contributed by atoms with Crippen molar-refractivity contribution in [3.63, 3.8) is 0 Å². The number of hydrogen-bond acceptors (Lipinski definition) is 4. The van der Waals surface area contributed by atoms with E-state index in [-0.39, 0.29) is 17.7 Å². The van der Waals surface area contributed by atoms with Crippen LogP contribution < -0.4 is 5.56 Å². The third-order valence-electron chi connectivity index (χ3n) is 5.38. The van der Waals surface area contributed by atoms with E-state index in [2.05, 4.69) is 33.9 Å². The number of benzene rings is 2. The fourth-order valence-electron chi connectivity index (χ4n) is 3.69. The SMILES string of the molecule is CC(c1nc2ccccc2c(=O)[nH]1)N1CCC(OCc2ccccc2)CC1. The highest BCUT2D eigenvalue weighted by Crippen LogP contribution is 2.24. The van der Waals surface area contributed by atoms with Crippen LogP contribution in [0.4, 0.5) is 0 Å². The molecule has 1 aromatic heterocycles. The van der Waals surface area contributed by atoms with Crippen molar-refractivity contribution in [2.75, 3.05) is 13.1 Å². The first-order valence-electron chi connectivity index (χ1n) is 9.59. The second kappa shape index (κ2) is 8.03. The molecule has 1 saturated heterocycles. The fraction of sp³-hybridized carbons (Fsp3) is 0.364. The van der Waals surface area contributed by atoms with Crippen molar-refractivity contribution in [3.05, 3.63) is 76.3 Å². The molecule has 1 aliphatic heterocycles. The molecule has 1 aliphatic rings. The van der Waals surface area contributed by atoms with Gasteiger partial charge in [0.1, 0.15) is 5.82 Å². The van der Waals surface area contributed by atoms with Crippen LogP contribution >= 0.6 is 0 Å². The van der Waals surface area contributed by atoms with Crippen LogP contribution in [-0.4, -0.2) is 34.1 Å². The van der Waals surface area contributed by atoms with Crippen molar-refractivity contribution in [3.8, 4) is 0 Å². The zero-order chi connectivity index (χ0) is 18.6. The number of aromatic nitrogens is 2. The number of nitrogens with one attached hydrogen (secondary N) is 1. The van der Waals surface area contributed by atoms with Gasteiger partial charge in [-0.1, -0.05) is 42.5 Å². The second-order valence-corrected chi connectivity index (χ2v) is 7.18. The van der Waals surface area contributed by atoms with Gasteiger partial charge in [0.25, 0.3) is 5.56 Å². The Morgan fingerprint density at radius 3 is 2.59 bits per heavy atom. The van der Waals surface area contributed by atoms with Crippen molar-refractivity contribution in [1.82, 2.24) is 14.9 Å². The molecule has 2 heterocycles. The minimum absolute atomic E-state index is 0.0662. The Labute approximate surface area is 159 Å². The lowest BCUT2D eigenvalue weighted by Gasteiger charge is -2.35. The van der Waals surface area contributed by atoms with Crippen LogP contribution in [-0.2, 0) is 11.3 Å². The molecule has 1 N–H and O–H groups in total. The highest BCUT2D eigenvalue weighted by molar-refractivity contribution is 5.77. The second-order valence-electron chi connectivity index (χ2n) is 7.18. The molecular formula is C22H25N3O2. The smallest absolute Gasteiger partial charge is 0.258 e. The van der Waals surface area contributed by atoms with Crippen LogP contribution in [0, 0.1) is 0 Å². The number of ether oxygens (including phenoxy) is 1. The maximum Gasteiger partial charge on any atom is 0.258 e. The van der Waals surface area contributed by atoms with Gasteiger partial charge in [-0.3, -0.25) is 9.69 Å². The fourth-order valence-corrected chi connectivity index (χ4v) is 3.69. The first kappa shape index (κ1) is 17.9. The van der Waals surface area contributed by atoms with Crippen molar-refractivity contribution >= 4 is 10.9 Å². The number of likely N-dealkylation sites (tertiary alicyclic amines) is 1. The number of nitrogens with zero attached hydrogens (tertiary/aromatic N) is 2. The lowest BCUT2D eigenvalue weighted by Crippen LogP contribution is -2.39. The lowest BCUT2D eigenvalue weighted by atomic mass is 10.1. The molecule has 5 heteroatoms. The van der Waals surface area contributed by atoms with Gasteiger partial charge in [0, 0.05) is 13.1 Å². The van der Waals surface area contributed by atoms with Gasteiger partial charge in [0.2, 0.25) is 0 Å². The summed E-state index contributed by atoms with van der Waals surface area (Å²) in [5.74, 6) is 0.738. The molecule has 0 radical (unpaired) electrons. The maximum atomic E-state index is 12.3. The third-order valence-corrected chi connectivity index (χ3v) is 5.38. The Hall–Kier alpha value is -2.50. The van der Waals surface area contributed by atoms with Gasteiger partial charge >= 0.3 is 0 Å². The molecule has 3 aromatic rings. The molecule has 0 bridgehead atoms. The van der Waals surface area contributed by atoms with Crippen molar-refractivity contribution < 1.29 is 4.74 Å². The number of piperidine rings is 1. The van der Waals surface area contributed by atoms with Gasteiger partial charge in [-0.15, -0.1) is 0 Å². The van der Waals surface area contributed by atoms with E-state index in [4.69, 9.17) is 4.74 Å². The van der Waals surface area contributed by atoms with E-state index < -0.39 is 0 Å². The average molecular weight is 363 g/mol. The van der Waals surface area contributed by atoms with Gasteiger partial charge in [0.05, 0.1) is 29.7 Å². The lowest BCUT2D eigenvalue weighted by molar-refractivity contribution is -0.0105. The molecule has 0 saturated carbocycles. The molecule has 140 valence electrons. The van der Waals surface area contributed by atoms with Gasteiger partial charge in [-0.05, 0) is 37.5 Å². The predicted molar refractivity (Wildman–Crippen MR) is 107 cm³/mol. The van der Waals surface area contributed by atoms with Crippen LogP contribution in [0.2, 0.25) is 0 Å². The van der Waals surface area contributed by atoms with E-state index in [0.717, 1.165) is 37.3 Å². The van der Waals surface area contributed by atoms with Crippen LogP contribution in [0.15, 0.2) is 59.4 Å². The molecule has 0 aliphatic carbocycles. The molecule has 5 nitrogen and oxygen atoms in total. The molecular weight excluding hydrogens is 338 g/mol. The molecule has 1 fully saturated rings. The molecule has 2 aromatic carbocycles. The summed E-state index contributed by atoms with van der Waals surface area (Å²) >= 11 is 0. The maximum absolute atomic E-state index is 12.3. The van der Waals surface area contributed by atoms with E-state index in [1.54, 1.807) is 0 Å². The predicted octanol–water partition coefficient (Wildman–Crippen LogP) is 3.67. The highest BCUT2D eigenvalue weighted by Gasteiger charge is 2.25. The number of rotatable bonds is 5. The summed E-state index contributed by atoms with van der Waals surface area (Å²) in [5.41, 5.74) is 1.90. The summed E-state index contributed by atoms with van der Waals surface area (Å²) in [6.45, 7) is 4.66. The van der Waals surface area contributed by atoms with E-state index in [9.17, 15) is 4.79 Å². The Bertz CT molecular complexity index is 946. The quantitative estimate of drug-likeness (QED) is 0.751. The number of aromatic amines is 1. The summed E-state index contributed by atoms with van der Waals surface area (Å²) in [6.07, 6.45) is 2.28. The van der Waals surface area contributed by atoms with Gasteiger partial charge < -0.3 is 9.72 Å². The Morgan fingerprint density at radius 1 is 1.11 bits per heavy atom. The summed E-state index contributed by atoms with van der Waals surface area (Å²) in [5, 5.41) is 0.640. The van der Waals surface area contributed by atoms with Crippen molar-refractivity contribution in [2.45, 2.75) is 38.5 Å². The van der Waals surface area contributed by atoms with E-state index in [1.165, 1.54) is 5.56 Å². The van der Waals surface area contributed by atoms with Gasteiger partial charge in [-0.2, -0.15) is 0 Å². The molecule has 0 spiro atoms. The zero-order valence-corrected chi connectivity index (χ0v) is 15.6. The largest absolute Gasteiger partial charge is 0.373 e. The average Bonchev–Trinajstić information content (AvgIpc) is 2.73.